The van der Waals surface area contributed by atoms with E-state index in [-0.39, 0.29) is 0 Å². The van der Waals surface area contributed by atoms with Crippen molar-refractivity contribution in [3.8, 4) is 22.9 Å². The zero-order chi connectivity index (χ0) is 37.2. The lowest BCUT2D eigenvalue weighted by atomic mass is 10.0. The van der Waals surface area contributed by atoms with Crippen LogP contribution in [0.1, 0.15) is 0 Å². The highest BCUT2D eigenvalue weighted by atomic mass is 32.1. The van der Waals surface area contributed by atoms with Crippen LogP contribution < -0.4 is 0 Å². The second-order valence-electron chi connectivity index (χ2n) is 14.9. The van der Waals surface area contributed by atoms with Gasteiger partial charge >= 0.3 is 0 Å². The van der Waals surface area contributed by atoms with Gasteiger partial charge in [0.25, 0.3) is 0 Å². The summed E-state index contributed by atoms with van der Waals surface area (Å²) in [5.41, 5.74) is 8.58. The van der Waals surface area contributed by atoms with Crippen molar-refractivity contribution in [1.29, 1.82) is 0 Å². The van der Waals surface area contributed by atoms with Crippen LogP contribution in [-0.4, -0.2) is 19.1 Å². The van der Waals surface area contributed by atoms with Crippen LogP contribution in [0.3, 0.4) is 0 Å². The molecule has 0 amide bonds. The monoisotopic (exact) mass is 742 g/mol. The Bertz CT molecular complexity index is 3830. The molecule has 0 aliphatic rings. The van der Waals surface area contributed by atoms with Gasteiger partial charge in [0.1, 0.15) is 0 Å². The number of hydrogen-bond acceptors (Lipinski definition) is 3. The molecule has 4 aromatic heterocycles. The van der Waals surface area contributed by atoms with Gasteiger partial charge in [-0.1, -0.05) is 127 Å². The fourth-order valence-corrected chi connectivity index (χ4v) is 10.6. The van der Waals surface area contributed by atoms with Crippen LogP contribution in [0, 0.1) is 0 Å². The van der Waals surface area contributed by atoms with Crippen LogP contribution in [0.25, 0.3) is 119 Å². The van der Waals surface area contributed by atoms with Crippen molar-refractivity contribution in [2.24, 2.45) is 0 Å². The molecule has 57 heavy (non-hydrogen) atoms. The summed E-state index contributed by atoms with van der Waals surface area (Å²) in [5.74, 6) is 0.659. The van der Waals surface area contributed by atoms with E-state index in [0.717, 1.165) is 44.3 Å². The van der Waals surface area contributed by atoms with Crippen LogP contribution in [-0.2, 0) is 0 Å². The Morgan fingerprint density at radius 1 is 0.368 bits per heavy atom. The highest BCUT2D eigenvalue weighted by Gasteiger charge is 2.21. The molecule has 264 valence electrons. The Morgan fingerprint density at radius 3 is 1.77 bits per heavy atom. The van der Waals surface area contributed by atoms with E-state index in [1.807, 2.05) is 11.3 Å². The minimum absolute atomic E-state index is 0.659. The Balaban J connectivity index is 1.10. The number of nitrogens with zero attached hydrogens (tertiary/aromatic N) is 4. The topological polar surface area (TPSA) is 35.6 Å². The molecule has 5 heteroatoms. The van der Waals surface area contributed by atoms with E-state index in [0.29, 0.717) is 5.95 Å². The van der Waals surface area contributed by atoms with Crippen LogP contribution in [0.15, 0.2) is 182 Å². The van der Waals surface area contributed by atoms with Crippen molar-refractivity contribution in [3.05, 3.63) is 182 Å². The average Bonchev–Trinajstić information content (AvgIpc) is 3.93. The van der Waals surface area contributed by atoms with E-state index in [9.17, 15) is 0 Å². The van der Waals surface area contributed by atoms with Crippen molar-refractivity contribution in [1.82, 2.24) is 19.1 Å². The quantitative estimate of drug-likeness (QED) is 0.181. The molecule has 13 rings (SSSR count). The number of hydrogen-bond donors (Lipinski definition) is 0. The largest absolute Gasteiger partial charge is 0.309 e. The molecule has 0 saturated heterocycles. The SMILES string of the molecule is c1ccc2c(c1)ccc1c2c2ccccc2n1-c1ccc2c(c1)c1c3ccccc3ccc1n2-c1nc(-c2ccc3c(c2)sc2ccccc23)c2ccccc2n1. The van der Waals surface area contributed by atoms with E-state index in [4.69, 9.17) is 9.97 Å². The summed E-state index contributed by atoms with van der Waals surface area (Å²) in [6, 6.07) is 65.9. The van der Waals surface area contributed by atoms with Gasteiger partial charge in [0.05, 0.1) is 33.3 Å². The van der Waals surface area contributed by atoms with Crippen molar-refractivity contribution in [3.63, 3.8) is 0 Å². The molecular weight excluding hydrogens is 713 g/mol. The number of benzene rings is 9. The molecule has 4 nitrogen and oxygen atoms in total. The lowest BCUT2D eigenvalue weighted by molar-refractivity contribution is 1.01. The van der Waals surface area contributed by atoms with Gasteiger partial charge in [-0.2, -0.15) is 0 Å². The molecule has 0 aliphatic heterocycles. The van der Waals surface area contributed by atoms with Gasteiger partial charge in [0, 0.05) is 58.4 Å². The lowest BCUT2D eigenvalue weighted by Gasteiger charge is -2.12. The fraction of sp³-hybridized carbons (Fsp3) is 0. The molecule has 0 bridgehead atoms. The molecular formula is C52H30N4S. The van der Waals surface area contributed by atoms with Crippen LogP contribution in [0.5, 0.6) is 0 Å². The van der Waals surface area contributed by atoms with E-state index in [2.05, 4.69) is 191 Å². The molecule has 13 aromatic rings. The first-order valence-electron chi connectivity index (χ1n) is 19.3. The third-order valence-electron chi connectivity index (χ3n) is 11.9. The van der Waals surface area contributed by atoms with E-state index in [1.165, 1.54) is 68.9 Å². The van der Waals surface area contributed by atoms with Gasteiger partial charge in [-0.05, 0) is 76.1 Å². The number of aromatic nitrogens is 4. The highest BCUT2D eigenvalue weighted by Crippen LogP contribution is 2.42. The summed E-state index contributed by atoms with van der Waals surface area (Å²) in [6.07, 6.45) is 0. The van der Waals surface area contributed by atoms with E-state index < -0.39 is 0 Å². The fourth-order valence-electron chi connectivity index (χ4n) is 9.41. The second kappa shape index (κ2) is 11.6. The zero-order valence-electron chi connectivity index (χ0n) is 30.5. The summed E-state index contributed by atoms with van der Waals surface area (Å²) in [5, 5.41) is 13.4. The van der Waals surface area contributed by atoms with Crippen molar-refractivity contribution in [2.75, 3.05) is 0 Å². The molecule has 0 saturated carbocycles. The molecule has 0 N–H and O–H groups in total. The van der Waals surface area contributed by atoms with Crippen molar-refractivity contribution < 1.29 is 0 Å². The molecule has 4 heterocycles. The van der Waals surface area contributed by atoms with Gasteiger partial charge < -0.3 is 4.57 Å². The Labute approximate surface area is 330 Å². The van der Waals surface area contributed by atoms with E-state index in [1.54, 1.807) is 0 Å². The van der Waals surface area contributed by atoms with Crippen LogP contribution >= 0.6 is 11.3 Å². The Morgan fingerprint density at radius 2 is 0.965 bits per heavy atom. The summed E-state index contributed by atoms with van der Waals surface area (Å²) in [6.45, 7) is 0. The first-order chi connectivity index (χ1) is 28.3. The molecule has 0 radical (unpaired) electrons. The van der Waals surface area contributed by atoms with Gasteiger partial charge in [-0.25, -0.2) is 9.97 Å². The summed E-state index contributed by atoms with van der Waals surface area (Å²) < 4.78 is 7.25. The van der Waals surface area contributed by atoms with E-state index >= 15 is 0 Å². The number of para-hydroxylation sites is 2. The third kappa shape index (κ3) is 4.37. The Kier molecular flexibility index (Phi) is 6.29. The maximum absolute atomic E-state index is 5.49. The van der Waals surface area contributed by atoms with Gasteiger partial charge in [-0.15, -0.1) is 11.3 Å². The van der Waals surface area contributed by atoms with Crippen molar-refractivity contribution in [2.45, 2.75) is 0 Å². The maximum Gasteiger partial charge on any atom is 0.235 e. The molecule has 0 aliphatic carbocycles. The second-order valence-corrected chi connectivity index (χ2v) is 16.0. The minimum Gasteiger partial charge on any atom is -0.309 e. The molecule has 0 atom stereocenters. The first-order valence-corrected chi connectivity index (χ1v) is 20.1. The number of rotatable bonds is 3. The van der Waals surface area contributed by atoms with Crippen LogP contribution in [0.4, 0.5) is 0 Å². The number of fused-ring (bicyclic) bond motifs is 14. The number of thiophene rings is 1. The smallest absolute Gasteiger partial charge is 0.235 e. The van der Waals surface area contributed by atoms with Crippen LogP contribution in [0.2, 0.25) is 0 Å². The summed E-state index contributed by atoms with van der Waals surface area (Å²) in [7, 11) is 0. The molecule has 0 spiro atoms. The molecule has 9 aromatic carbocycles. The standard InChI is InChI=1S/C52H30N4S/c1-3-13-35-31(11-1)22-26-45-49(35)40-17-6-9-19-43(40)55(45)34-24-28-44-41(30-34)50-36-14-4-2-12-32(36)23-27-46(50)56(44)52-53-42-18-8-5-16-39(42)51(54-52)33-21-25-38-37-15-7-10-20-47(37)57-48(38)29-33/h1-30H. The van der Waals surface area contributed by atoms with Gasteiger partial charge in [0.2, 0.25) is 5.95 Å². The Hall–Kier alpha value is -7.34. The molecule has 0 unspecified atom stereocenters. The van der Waals surface area contributed by atoms with Crippen molar-refractivity contribution >= 4 is 108 Å². The summed E-state index contributed by atoms with van der Waals surface area (Å²) in [4.78, 5) is 10.8. The van der Waals surface area contributed by atoms with Gasteiger partial charge in [-0.3, -0.25) is 4.57 Å². The zero-order valence-corrected chi connectivity index (χ0v) is 31.3. The predicted molar refractivity (Wildman–Crippen MR) is 242 cm³/mol. The maximum atomic E-state index is 5.49. The normalized spacial score (nSPS) is 12.2. The first kappa shape index (κ1) is 30.9. The summed E-state index contributed by atoms with van der Waals surface area (Å²) >= 11 is 1.83. The predicted octanol–water partition coefficient (Wildman–Crippen LogP) is 14.2. The molecule has 0 fully saturated rings. The third-order valence-corrected chi connectivity index (χ3v) is 13.0. The minimum atomic E-state index is 0.659. The lowest BCUT2D eigenvalue weighted by Crippen LogP contribution is -2.03. The average molecular weight is 743 g/mol. The highest BCUT2D eigenvalue weighted by molar-refractivity contribution is 7.25. The van der Waals surface area contributed by atoms with Gasteiger partial charge in [0.15, 0.2) is 0 Å².